The molecule has 1 fully saturated rings. The number of hydrogen-bond acceptors (Lipinski definition) is 3. The summed E-state index contributed by atoms with van der Waals surface area (Å²) < 4.78 is 40.9. The highest BCUT2D eigenvalue weighted by Crippen LogP contribution is 2.47. The van der Waals surface area contributed by atoms with Crippen LogP contribution in [-0.4, -0.2) is 18.7 Å². The second-order valence-corrected chi connectivity index (χ2v) is 5.05. The van der Waals surface area contributed by atoms with E-state index in [2.05, 4.69) is 11.8 Å². The average molecular weight is 291 g/mol. The average Bonchev–Trinajstić information content (AvgIpc) is 2.89. The molecule has 1 saturated carbocycles. The number of aryl methyl sites for hydroxylation is 1. The SMILES string of the molecule is CC1CC1c1ccc(CCC(=O)NOCC(F)(F)F)o1. The van der Waals surface area contributed by atoms with Gasteiger partial charge in [-0.3, -0.25) is 9.63 Å². The summed E-state index contributed by atoms with van der Waals surface area (Å²) in [5.74, 6) is 2.07. The molecule has 20 heavy (non-hydrogen) atoms. The molecular weight excluding hydrogens is 275 g/mol. The summed E-state index contributed by atoms with van der Waals surface area (Å²) in [6, 6.07) is 3.69. The Morgan fingerprint density at radius 1 is 1.50 bits per heavy atom. The van der Waals surface area contributed by atoms with Gasteiger partial charge in [-0.25, -0.2) is 5.48 Å². The molecule has 2 unspecified atom stereocenters. The van der Waals surface area contributed by atoms with Crippen molar-refractivity contribution in [3.8, 4) is 0 Å². The van der Waals surface area contributed by atoms with Crippen LogP contribution in [0.3, 0.4) is 0 Å². The van der Waals surface area contributed by atoms with Crippen LogP contribution in [0.2, 0.25) is 0 Å². The first kappa shape index (κ1) is 14.9. The maximum absolute atomic E-state index is 11.8. The highest BCUT2D eigenvalue weighted by Gasteiger charge is 2.36. The summed E-state index contributed by atoms with van der Waals surface area (Å²) in [5.41, 5.74) is 1.76. The predicted octanol–water partition coefficient (Wildman–Crippen LogP) is 2.95. The van der Waals surface area contributed by atoms with Crippen molar-refractivity contribution < 1.29 is 27.2 Å². The molecule has 7 heteroatoms. The smallest absolute Gasteiger partial charge is 0.414 e. The second kappa shape index (κ2) is 5.87. The highest BCUT2D eigenvalue weighted by molar-refractivity contribution is 5.74. The molecule has 0 saturated heterocycles. The van der Waals surface area contributed by atoms with E-state index in [4.69, 9.17) is 4.42 Å². The van der Waals surface area contributed by atoms with Gasteiger partial charge < -0.3 is 4.42 Å². The molecule has 1 aromatic heterocycles. The van der Waals surface area contributed by atoms with E-state index in [0.29, 0.717) is 24.0 Å². The number of carbonyl (C=O) groups is 1. The van der Waals surface area contributed by atoms with Crippen LogP contribution in [0.15, 0.2) is 16.5 Å². The Bertz CT molecular complexity index is 470. The number of rotatable bonds is 6. The minimum Gasteiger partial charge on any atom is -0.466 e. The van der Waals surface area contributed by atoms with E-state index in [1.54, 1.807) is 11.5 Å². The second-order valence-electron chi connectivity index (χ2n) is 5.05. The molecule has 0 aliphatic heterocycles. The number of hydroxylamine groups is 1. The minimum absolute atomic E-state index is 0.0189. The molecule has 0 bridgehead atoms. The topological polar surface area (TPSA) is 51.5 Å². The number of halogens is 3. The summed E-state index contributed by atoms with van der Waals surface area (Å²) in [6.07, 6.45) is -2.99. The van der Waals surface area contributed by atoms with Crippen molar-refractivity contribution in [2.75, 3.05) is 6.61 Å². The molecule has 1 amide bonds. The molecule has 1 N–H and O–H groups in total. The number of hydrogen-bond donors (Lipinski definition) is 1. The fourth-order valence-electron chi connectivity index (χ4n) is 1.93. The Morgan fingerprint density at radius 3 is 2.80 bits per heavy atom. The molecule has 0 aromatic carbocycles. The van der Waals surface area contributed by atoms with Crippen LogP contribution in [0, 0.1) is 5.92 Å². The normalized spacial score (nSPS) is 21.8. The van der Waals surface area contributed by atoms with Crippen LogP contribution in [0.5, 0.6) is 0 Å². The molecular formula is C13H16F3NO3. The van der Waals surface area contributed by atoms with E-state index in [0.717, 1.165) is 12.2 Å². The fourth-order valence-corrected chi connectivity index (χ4v) is 1.93. The lowest BCUT2D eigenvalue weighted by Crippen LogP contribution is -2.29. The van der Waals surface area contributed by atoms with Crippen molar-refractivity contribution in [3.63, 3.8) is 0 Å². The van der Waals surface area contributed by atoms with Gasteiger partial charge in [-0.05, 0) is 24.5 Å². The number of alkyl halides is 3. The largest absolute Gasteiger partial charge is 0.466 e. The van der Waals surface area contributed by atoms with Crippen molar-refractivity contribution in [1.82, 2.24) is 5.48 Å². The lowest BCUT2D eigenvalue weighted by Gasteiger charge is -2.07. The monoisotopic (exact) mass is 291 g/mol. The molecule has 112 valence electrons. The molecule has 4 nitrogen and oxygen atoms in total. The Labute approximate surface area is 114 Å². The molecule has 2 rings (SSSR count). The molecule has 0 spiro atoms. The van der Waals surface area contributed by atoms with Gasteiger partial charge in [0.15, 0.2) is 6.61 Å². The third-order valence-electron chi connectivity index (χ3n) is 3.18. The van der Waals surface area contributed by atoms with Gasteiger partial charge in [0.2, 0.25) is 5.91 Å². The Morgan fingerprint density at radius 2 is 2.20 bits per heavy atom. The fraction of sp³-hybridized carbons (Fsp3) is 0.615. The van der Waals surface area contributed by atoms with Crippen LogP contribution in [0.25, 0.3) is 0 Å². The quantitative estimate of drug-likeness (QED) is 0.820. The lowest BCUT2D eigenvalue weighted by atomic mass is 10.2. The van der Waals surface area contributed by atoms with Gasteiger partial charge in [0.25, 0.3) is 0 Å². The summed E-state index contributed by atoms with van der Waals surface area (Å²) >= 11 is 0. The molecule has 1 heterocycles. The zero-order chi connectivity index (χ0) is 14.8. The van der Waals surface area contributed by atoms with Gasteiger partial charge in [0.1, 0.15) is 11.5 Å². The van der Waals surface area contributed by atoms with Gasteiger partial charge in [-0.15, -0.1) is 0 Å². The summed E-state index contributed by atoms with van der Waals surface area (Å²) in [6.45, 7) is 0.640. The molecule has 0 radical (unpaired) electrons. The van der Waals surface area contributed by atoms with E-state index in [1.165, 1.54) is 0 Å². The van der Waals surface area contributed by atoms with Gasteiger partial charge in [-0.2, -0.15) is 13.2 Å². The van der Waals surface area contributed by atoms with E-state index in [9.17, 15) is 18.0 Å². The maximum atomic E-state index is 11.8. The molecule has 1 aliphatic carbocycles. The number of carbonyl (C=O) groups excluding carboxylic acids is 1. The first-order chi connectivity index (χ1) is 9.35. The van der Waals surface area contributed by atoms with Crippen LogP contribution < -0.4 is 5.48 Å². The minimum atomic E-state index is -4.45. The molecule has 2 atom stereocenters. The maximum Gasteiger partial charge on any atom is 0.414 e. The van der Waals surface area contributed by atoms with E-state index in [-0.39, 0.29) is 6.42 Å². The van der Waals surface area contributed by atoms with Crippen molar-refractivity contribution in [1.29, 1.82) is 0 Å². The van der Waals surface area contributed by atoms with E-state index in [1.807, 2.05) is 6.07 Å². The first-order valence-corrected chi connectivity index (χ1v) is 6.41. The first-order valence-electron chi connectivity index (χ1n) is 6.41. The zero-order valence-electron chi connectivity index (χ0n) is 11.0. The Hall–Kier alpha value is -1.50. The predicted molar refractivity (Wildman–Crippen MR) is 63.7 cm³/mol. The van der Waals surface area contributed by atoms with Gasteiger partial charge in [0, 0.05) is 18.8 Å². The van der Waals surface area contributed by atoms with Gasteiger partial charge in [-0.1, -0.05) is 6.92 Å². The third-order valence-corrected chi connectivity index (χ3v) is 3.18. The lowest BCUT2D eigenvalue weighted by molar-refractivity contribution is -0.191. The van der Waals surface area contributed by atoms with Crippen LogP contribution >= 0.6 is 0 Å². The molecule has 1 aliphatic rings. The number of furan rings is 1. The van der Waals surface area contributed by atoms with Crippen LogP contribution in [0.4, 0.5) is 13.2 Å². The standard InChI is InChI=1S/C13H16F3NO3/c1-8-6-10(8)11-4-2-9(20-11)3-5-12(18)17-19-7-13(14,15)16/h2,4,8,10H,3,5-7H2,1H3,(H,17,18). The highest BCUT2D eigenvalue weighted by atomic mass is 19.4. The summed E-state index contributed by atoms with van der Waals surface area (Å²) in [5, 5.41) is 0. The number of amides is 1. The number of nitrogens with one attached hydrogen (secondary N) is 1. The van der Waals surface area contributed by atoms with Crippen LogP contribution in [0.1, 0.15) is 37.2 Å². The van der Waals surface area contributed by atoms with Crippen molar-refractivity contribution in [2.24, 2.45) is 5.92 Å². The van der Waals surface area contributed by atoms with E-state index < -0.39 is 18.7 Å². The molecule has 1 aromatic rings. The van der Waals surface area contributed by atoms with E-state index >= 15 is 0 Å². The summed E-state index contributed by atoms with van der Waals surface area (Å²) in [7, 11) is 0. The van der Waals surface area contributed by atoms with Gasteiger partial charge in [0.05, 0.1) is 0 Å². The van der Waals surface area contributed by atoms with Crippen LogP contribution in [-0.2, 0) is 16.1 Å². The van der Waals surface area contributed by atoms with Crippen molar-refractivity contribution in [3.05, 3.63) is 23.7 Å². The van der Waals surface area contributed by atoms with Gasteiger partial charge >= 0.3 is 6.18 Å². The van der Waals surface area contributed by atoms with Crippen molar-refractivity contribution in [2.45, 2.75) is 38.3 Å². The zero-order valence-corrected chi connectivity index (χ0v) is 11.0. The third kappa shape index (κ3) is 4.56. The van der Waals surface area contributed by atoms with Crippen molar-refractivity contribution >= 4 is 5.91 Å². The Kier molecular flexibility index (Phi) is 4.37. The Balaban J connectivity index is 1.67. The summed E-state index contributed by atoms with van der Waals surface area (Å²) in [4.78, 5) is 15.3.